The van der Waals surface area contributed by atoms with E-state index in [4.69, 9.17) is 10.6 Å². The van der Waals surface area contributed by atoms with Gasteiger partial charge < -0.3 is 15.5 Å². The number of anilines is 1. The Hall–Kier alpha value is -2.89. The molecule has 0 bridgehead atoms. The number of fused-ring (bicyclic) bond motifs is 1. The molecule has 1 aliphatic rings. The number of nitrogens with zero attached hydrogens (tertiary/aromatic N) is 2. The molecule has 0 saturated carbocycles. The summed E-state index contributed by atoms with van der Waals surface area (Å²) < 4.78 is 12.9. The Kier molecular flexibility index (Phi) is 4.74. The van der Waals surface area contributed by atoms with Crippen LogP contribution >= 0.6 is 0 Å². The number of para-hydroxylation sites is 1. The zero-order chi connectivity index (χ0) is 16.9. The topological polar surface area (TPSA) is 67.9 Å². The maximum Gasteiger partial charge on any atom is 0.267 e. The van der Waals surface area contributed by atoms with E-state index in [2.05, 4.69) is 5.16 Å². The van der Waals surface area contributed by atoms with Gasteiger partial charge in [0.15, 0.2) is 12.4 Å². The summed E-state index contributed by atoms with van der Waals surface area (Å²) in [6, 6.07) is 13.4. The minimum atomic E-state index is -0.355. The predicted molar refractivity (Wildman–Crippen MR) is 90.2 cm³/mol. The highest BCUT2D eigenvalue weighted by Crippen LogP contribution is 2.26. The second kappa shape index (κ2) is 7.12. The first-order chi connectivity index (χ1) is 11.6. The highest BCUT2D eigenvalue weighted by Gasteiger charge is 2.22. The second-order valence-corrected chi connectivity index (χ2v) is 5.53. The van der Waals surface area contributed by atoms with Gasteiger partial charge in [-0.25, -0.2) is 4.39 Å². The van der Waals surface area contributed by atoms with Crippen molar-refractivity contribution in [3.05, 3.63) is 65.5 Å². The van der Waals surface area contributed by atoms with Gasteiger partial charge in [-0.15, -0.1) is 0 Å². The van der Waals surface area contributed by atoms with E-state index in [0.29, 0.717) is 12.1 Å². The Morgan fingerprint density at radius 2 is 1.96 bits per heavy atom. The van der Waals surface area contributed by atoms with Crippen LogP contribution in [0, 0.1) is 5.82 Å². The number of amidine groups is 1. The summed E-state index contributed by atoms with van der Waals surface area (Å²) >= 11 is 0. The Balaban J connectivity index is 1.62. The van der Waals surface area contributed by atoms with Crippen molar-refractivity contribution in [2.24, 2.45) is 10.9 Å². The van der Waals surface area contributed by atoms with Crippen molar-refractivity contribution < 1.29 is 14.0 Å². The Labute approximate surface area is 139 Å². The first kappa shape index (κ1) is 16.0. The molecule has 3 rings (SSSR count). The lowest BCUT2D eigenvalue weighted by Gasteiger charge is -2.28. The molecule has 0 atom stereocenters. The smallest absolute Gasteiger partial charge is 0.267 e. The van der Waals surface area contributed by atoms with Crippen LogP contribution in [0.3, 0.4) is 0 Å². The van der Waals surface area contributed by atoms with Crippen LogP contribution in [0.5, 0.6) is 0 Å². The molecular weight excluding hydrogens is 309 g/mol. The van der Waals surface area contributed by atoms with Gasteiger partial charge in [-0.3, -0.25) is 4.79 Å². The maximum absolute atomic E-state index is 12.9. The summed E-state index contributed by atoms with van der Waals surface area (Å²) in [5, 5.41) is 3.74. The first-order valence-corrected chi connectivity index (χ1v) is 7.75. The molecule has 0 unspecified atom stereocenters. The summed E-state index contributed by atoms with van der Waals surface area (Å²) in [4.78, 5) is 19.2. The van der Waals surface area contributed by atoms with Crippen LogP contribution in [0.2, 0.25) is 0 Å². The number of carbonyl (C=O) groups excluding carboxylic acids is 1. The van der Waals surface area contributed by atoms with Crippen LogP contribution in [0.4, 0.5) is 10.1 Å². The van der Waals surface area contributed by atoms with Gasteiger partial charge in [-0.1, -0.05) is 23.4 Å². The average molecular weight is 327 g/mol. The van der Waals surface area contributed by atoms with Crippen molar-refractivity contribution in [3.8, 4) is 0 Å². The van der Waals surface area contributed by atoms with E-state index in [0.717, 1.165) is 24.1 Å². The van der Waals surface area contributed by atoms with Gasteiger partial charge in [0.25, 0.3) is 5.91 Å². The number of benzene rings is 2. The molecule has 1 heterocycles. The van der Waals surface area contributed by atoms with E-state index in [-0.39, 0.29) is 24.2 Å². The molecule has 6 heteroatoms. The summed E-state index contributed by atoms with van der Waals surface area (Å²) in [6.45, 7) is 0.465. The summed E-state index contributed by atoms with van der Waals surface area (Å²) in [7, 11) is 0. The largest absolute Gasteiger partial charge is 0.384 e. The molecule has 24 heavy (non-hydrogen) atoms. The Morgan fingerprint density at radius 3 is 2.75 bits per heavy atom. The normalized spacial score (nSPS) is 14.2. The number of hydrogen-bond acceptors (Lipinski definition) is 3. The second-order valence-electron chi connectivity index (χ2n) is 5.53. The minimum Gasteiger partial charge on any atom is -0.384 e. The van der Waals surface area contributed by atoms with Gasteiger partial charge in [0.1, 0.15) is 5.82 Å². The number of halogens is 1. The van der Waals surface area contributed by atoms with Gasteiger partial charge in [-0.05, 0) is 48.7 Å². The zero-order valence-electron chi connectivity index (χ0n) is 13.1. The monoisotopic (exact) mass is 327 g/mol. The van der Waals surface area contributed by atoms with Gasteiger partial charge in [-0.2, -0.15) is 0 Å². The average Bonchev–Trinajstić information content (AvgIpc) is 2.61. The third-order valence-corrected chi connectivity index (χ3v) is 3.90. The van der Waals surface area contributed by atoms with Crippen LogP contribution in [-0.4, -0.2) is 24.9 Å². The lowest BCUT2D eigenvalue weighted by Crippen LogP contribution is -2.37. The van der Waals surface area contributed by atoms with Gasteiger partial charge >= 0.3 is 0 Å². The molecule has 0 fully saturated rings. The summed E-state index contributed by atoms with van der Waals surface area (Å²) in [5.41, 5.74) is 8.38. The third kappa shape index (κ3) is 3.53. The summed E-state index contributed by atoms with van der Waals surface area (Å²) in [5.74, 6) is -0.425. The van der Waals surface area contributed by atoms with E-state index in [1.165, 1.54) is 24.3 Å². The van der Waals surface area contributed by atoms with Gasteiger partial charge in [0.05, 0.1) is 0 Å². The van der Waals surface area contributed by atoms with Crippen LogP contribution < -0.4 is 10.6 Å². The number of amides is 1. The highest BCUT2D eigenvalue weighted by atomic mass is 19.1. The van der Waals surface area contributed by atoms with Crippen LogP contribution in [0.15, 0.2) is 53.7 Å². The predicted octanol–water partition coefficient (Wildman–Crippen LogP) is 2.44. The maximum atomic E-state index is 12.9. The number of rotatable bonds is 4. The van der Waals surface area contributed by atoms with Crippen LogP contribution in [-0.2, 0) is 16.1 Å². The molecule has 1 amide bonds. The van der Waals surface area contributed by atoms with Crippen molar-refractivity contribution in [2.75, 3.05) is 18.1 Å². The standard InChI is InChI=1S/C18H18FN3O2/c19-15-9-7-14(8-10-15)18(20)21-24-12-17(23)22-11-3-5-13-4-1-2-6-16(13)22/h1-2,4,6-10H,3,5,11-12H2,(H2,20,21). The van der Waals surface area contributed by atoms with Crippen molar-refractivity contribution in [1.82, 2.24) is 0 Å². The Bertz CT molecular complexity index is 759. The lowest BCUT2D eigenvalue weighted by atomic mass is 10.0. The first-order valence-electron chi connectivity index (χ1n) is 7.75. The van der Waals surface area contributed by atoms with Crippen molar-refractivity contribution in [1.29, 1.82) is 0 Å². The molecule has 5 nitrogen and oxygen atoms in total. The number of oxime groups is 1. The molecule has 0 spiro atoms. The number of hydrogen-bond donors (Lipinski definition) is 1. The molecule has 0 aliphatic carbocycles. The molecular formula is C18H18FN3O2. The molecule has 0 aromatic heterocycles. The summed E-state index contributed by atoms with van der Waals surface area (Å²) in [6.07, 6.45) is 1.89. The minimum absolute atomic E-state index is 0.0989. The van der Waals surface area contributed by atoms with E-state index in [1.54, 1.807) is 4.90 Å². The van der Waals surface area contributed by atoms with Crippen molar-refractivity contribution in [2.45, 2.75) is 12.8 Å². The van der Waals surface area contributed by atoms with E-state index >= 15 is 0 Å². The molecule has 1 aliphatic heterocycles. The fourth-order valence-electron chi connectivity index (χ4n) is 2.70. The molecule has 2 aromatic rings. The zero-order valence-corrected chi connectivity index (χ0v) is 13.1. The number of aryl methyl sites for hydroxylation is 1. The lowest BCUT2D eigenvalue weighted by molar-refractivity contribution is -0.123. The van der Waals surface area contributed by atoms with Crippen molar-refractivity contribution >= 4 is 17.4 Å². The SMILES string of the molecule is N/C(=N\OCC(=O)N1CCCc2ccccc21)c1ccc(F)cc1. The van der Waals surface area contributed by atoms with E-state index in [9.17, 15) is 9.18 Å². The molecule has 0 saturated heterocycles. The fourth-order valence-corrected chi connectivity index (χ4v) is 2.70. The number of carbonyl (C=O) groups is 1. The third-order valence-electron chi connectivity index (χ3n) is 3.90. The fraction of sp³-hybridized carbons (Fsp3) is 0.222. The van der Waals surface area contributed by atoms with Crippen LogP contribution in [0.1, 0.15) is 17.5 Å². The quantitative estimate of drug-likeness (QED) is 0.533. The van der Waals surface area contributed by atoms with Gasteiger partial charge in [0.2, 0.25) is 0 Å². The van der Waals surface area contributed by atoms with Gasteiger partial charge in [0, 0.05) is 17.8 Å². The van der Waals surface area contributed by atoms with E-state index in [1.807, 2.05) is 24.3 Å². The molecule has 2 aromatic carbocycles. The number of nitrogens with two attached hydrogens (primary N) is 1. The highest BCUT2D eigenvalue weighted by molar-refractivity contribution is 5.97. The molecule has 124 valence electrons. The van der Waals surface area contributed by atoms with Crippen molar-refractivity contribution in [3.63, 3.8) is 0 Å². The molecule has 0 radical (unpaired) electrons. The molecule has 2 N–H and O–H groups in total. The van der Waals surface area contributed by atoms with E-state index < -0.39 is 0 Å². The Morgan fingerprint density at radius 1 is 1.21 bits per heavy atom. The van der Waals surface area contributed by atoms with Crippen LogP contribution in [0.25, 0.3) is 0 Å².